The van der Waals surface area contributed by atoms with Gasteiger partial charge in [0.15, 0.2) is 0 Å². The van der Waals surface area contributed by atoms with Gasteiger partial charge >= 0.3 is 0 Å². The average molecular weight is 298 g/mol. The molecule has 6 heteroatoms. The van der Waals surface area contributed by atoms with Crippen molar-refractivity contribution in [3.05, 3.63) is 29.1 Å². The number of terminal acetylenes is 1. The number of halogens is 1. The highest BCUT2D eigenvalue weighted by Crippen LogP contribution is 2.21. The van der Waals surface area contributed by atoms with E-state index in [4.69, 9.17) is 6.42 Å². The van der Waals surface area contributed by atoms with Gasteiger partial charge < -0.3 is 5.32 Å². The van der Waals surface area contributed by atoms with Gasteiger partial charge in [0.1, 0.15) is 5.82 Å². The van der Waals surface area contributed by atoms with Gasteiger partial charge in [0.25, 0.3) is 0 Å². The van der Waals surface area contributed by atoms with Crippen molar-refractivity contribution in [2.24, 2.45) is 0 Å². The third-order valence-electron chi connectivity index (χ3n) is 2.89. The van der Waals surface area contributed by atoms with Crippen LogP contribution in [0.15, 0.2) is 17.0 Å². The lowest BCUT2D eigenvalue weighted by Gasteiger charge is -2.16. The fourth-order valence-electron chi connectivity index (χ4n) is 1.74. The zero-order valence-corrected chi connectivity index (χ0v) is 12.7. The van der Waals surface area contributed by atoms with E-state index in [1.54, 1.807) is 6.92 Å². The Bertz CT molecular complexity index is 621. The normalized spacial score (nSPS) is 11.6. The van der Waals surface area contributed by atoms with Crippen LogP contribution in [0.5, 0.6) is 0 Å². The fourth-order valence-corrected chi connectivity index (χ4v) is 2.96. The van der Waals surface area contributed by atoms with Crippen molar-refractivity contribution in [2.45, 2.75) is 25.3 Å². The minimum absolute atomic E-state index is 0.0265. The summed E-state index contributed by atoms with van der Waals surface area (Å²) in [7, 11) is -2.29. The van der Waals surface area contributed by atoms with Crippen LogP contribution in [0.4, 0.5) is 4.39 Å². The Kier molecular flexibility index (Phi) is 5.69. The molecular weight excluding hydrogens is 279 g/mol. The van der Waals surface area contributed by atoms with Crippen LogP contribution in [0.25, 0.3) is 0 Å². The molecule has 0 fully saturated rings. The lowest BCUT2D eigenvalue weighted by Crippen LogP contribution is -2.27. The maximum Gasteiger partial charge on any atom is 0.243 e. The molecule has 0 spiro atoms. The Morgan fingerprint density at radius 2 is 2.10 bits per heavy atom. The number of hydrogen-bond donors (Lipinski definition) is 1. The van der Waals surface area contributed by atoms with E-state index in [1.807, 2.05) is 6.92 Å². The fraction of sp³-hybridized carbons (Fsp3) is 0.429. The summed E-state index contributed by atoms with van der Waals surface area (Å²) < 4.78 is 39.6. The first-order chi connectivity index (χ1) is 9.34. The van der Waals surface area contributed by atoms with Gasteiger partial charge in [0, 0.05) is 19.2 Å². The second-order valence-corrected chi connectivity index (χ2v) is 6.50. The van der Waals surface area contributed by atoms with Crippen LogP contribution in [0.3, 0.4) is 0 Å². The van der Waals surface area contributed by atoms with Crippen molar-refractivity contribution in [3.63, 3.8) is 0 Å². The molecular formula is C14H19FN2O2S. The molecule has 0 bridgehead atoms. The molecule has 0 radical (unpaired) electrons. The van der Waals surface area contributed by atoms with E-state index in [0.29, 0.717) is 17.7 Å². The molecule has 0 saturated carbocycles. The molecule has 0 aliphatic heterocycles. The van der Waals surface area contributed by atoms with Gasteiger partial charge in [-0.3, -0.25) is 0 Å². The van der Waals surface area contributed by atoms with E-state index >= 15 is 0 Å². The van der Waals surface area contributed by atoms with Crippen molar-refractivity contribution in [2.75, 3.05) is 20.1 Å². The number of rotatable bonds is 6. The molecule has 0 atom stereocenters. The summed E-state index contributed by atoms with van der Waals surface area (Å²) >= 11 is 0. The van der Waals surface area contributed by atoms with Gasteiger partial charge in [-0.15, -0.1) is 6.42 Å². The molecule has 0 aromatic heterocycles. The Hall–Kier alpha value is -1.42. The molecule has 0 aliphatic carbocycles. The molecule has 1 rings (SSSR count). The summed E-state index contributed by atoms with van der Waals surface area (Å²) in [6.07, 6.45) is 5.13. The highest BCUT2D eigenvalue weighted by Gasteiger charge is 2.22. The van der Waals surface area contributed by atoms with Gasteiger partial charge in [-0.1, -0.05) is 12.8 Å². The first kappa shape index (κ1) is 16.6. The number of sulfonamides is 1. The average Bonchev–Trinajstić information content (AvgIpc) is 2.40. The topological polar surface area (TPSA) is 49.4 Å². The van der Waals surface area contributed by atoms with E-state index in [-0.39, 0.29) is 23.8 Å². The van der Waals surface area contributed by atoms with Crippen LogP contribution in [-0.2, 0) is 16.6 Å². The largest absolute Gasteiger partial charge is 0.313 e. The van der Waals surface area contributed by atoms with Crippen LogP contribution in [0.1, 0.15) is 18.1 Å². The monoisotopic (exact) mass is 298 g/mol. The molecule has 0 amide bonds. The Morgan fingerprint density at radius 1 is 1.45 bits per heavy atom. The first-order valence-corrected chi connectivity index (χ1v) is 7.68. The van der Waals surface area contributed by atoms with Crippen LogP contribution in [0.2, 0.25) is 0 Å². The van der Waals surface area contributed by atoms with Crippen molar-refractivity contribution in [1.82, 2.24) is 9.62 Å². The van der Waals surface area contributed by atoms with Gasteiger partial charge in [0.2, 0.25) is 10.0 Å². The molecule has 0 saturated heterocycles. The molecule has 20 heavy (non-hydrogen) atoms. The second kappa shape index (κ2) is 6.84. The van der Waals surface area contributed by atoms with Crippen molar-refractivity contribution in [1.29, 1.82) is 0 Å². The number of benzene rings is 1. The van der Waals surface area contributed by atoms with E-state index in [2.05, 4.69) is 11.2 Å². The predicted molar refractivity (Wildman–Crippen MR) is 77.2 cm³/mol. The Labute approximate surface area is 120 Å². The molecule has 1 aromatic carbocycles. The lowest BCUT2D eigenvalue weighted by molar-refractivity contribution is 0.502. The van der Waals surface area contributed by atoms with Gasteiger partial charge in [-0.2, -0.15) is 4.31 Å². The quantitative estimate of drug-likeness (QED) is 0.810. The minimum atomic E-state index is -3.69. The maximum absolute atomic E-state index is 14.0. The minimum Gasteiger partial charge on any atom is -0.313 e. The smallest absolute Gasteiger partial charge is 0.243 e. The molecule has 4 nitrogen and oxygen atoms in total. The molecule has 110 valence electrons. The molecule has 0 heterocycles. The van der Waals surface area contributed by atoms with Crippen LogP contribution in [-0.4, -0.2) is 32.9 Å². The number of nitrogens with one attached hydrogen (secondary N) is 1. The SMILES string of the molecule is C#CCN(C)S(=O)(=O)c1cc(C)c(F)c(CNCC)c1. The first-order valence-electron chi connectivity index (χ1n) is 6.24. The summed E-state index contributed by atoms with van der Waals surface area (Å²) in [6.45, 7) is 4.37. The van der Waals surface area contributed by atoms with Crippen molar-refractivity contribution >= 4 is 10.0 Å². The third-order valence-corrected chi connectivity index (χ3v) is 4.67. The van der Waals surface area contributed by atoms with Gasteiger partial charge in [-0.25, -0.2) is 12.8 Å². The number of hydrogen-bond acceptors (Lipinski definition) is 3. The van der Waals surface area contributed by atoms with Crippen LogP contribution in [0, 0.1) is 25.1 Å². The zero-order valence-electron chi connectivity index (χ0n) is 11.9. The number of nitrogens with zero attached hydrogens (tertiary/aromatic N) is 1. The van der Waals surface area contributed by atoms with Crippen LogP contribution < -0.4 is 5.32 Å². The van der Waals surface area contributed by atoms with E-state index in [1.165, 1.54) is 19.2 Å². The third kappa shape index (κ3) is 3.57. The summed E-state index contributed by atoms with van der Waals surface area (Å²) in [5.74, 6) is 1.89. The van der Waals surface area contributed by atoms with Crippen molar-refractivity contribution in [3.8, 4) is 12.3 Å². The summed E-state index contributed by atoms with van der Waals surface area (Å²) in [5.41, 5.74) is 0.632. The standard InChI is InChI=1S/C14H19FN2O2S/c1-5-7-17(4)20(18,19)13-8-11(3)14(15)12(9-13)10-16-6-2/h1,8-9,16H,6-7,10H2,2-4H3. The number of aryl methyl sites for hydroxylation is 1. The molecule has 1 N–H and O–H groups in total. The Balaban J connectivity index is 3.26. The molecule has 0 unspecified atom stereocenters. The van der Waals surface area contributed by atoms with Crippen LogP contribution >= 0.6 is 0 Å². The van der Waals surface area contributed by atoms with Gasteiger partial charge in [0.05, 0.1) is 11.4 Å². The molecule has 1 aromatic rings. The highest BCUT2D eigenvalue weighted by atomic mass is 32.2. The zero-order chi connectivity index (χ0) is 15.3. The second-order valence-electron chi connectivity index (χ2n) is 4.46. The van der Waals surface area contributed by atoms with Gasteiger partial charge in [-0.05, 0) is 31.2 Å². The maximum atomic E-state index is 14.0. The highest BCUT2D eigenvalue weighted by molar-refractivity contribution is 7.89. The van der Waals surface area contributed by atoms with E-state index in [9.17, 15) is 12.8 Å². The Morgan fingerprint density at radius 3 is 2.65 bits per heavy atom. The summed E-state index contributed by atoms with van der Waals surface area (Å²) in [4.78, 5) is 0.0575. The van der Waals surface area contributed by atoms with E-state index < -0.39 is 10.0 Å². The molecule has 0 aliphatic rings. The van der Waals surface area contributed by atoms with E-state index in [0.717, 1.165) is 4.31 Å². The summed E-state index contributed by atoms with van der Waals surface area (Å²) in [5, 5.41) is 2.98. The van der Waals surface area contributed by atoms with Crippen molar-refractivity contribution < 1.29 is 12.8 Å². The predicted octanol–water partition coefficient (Wildman–Crippen LogP) is 1.50. The summed E-state index contributed by atoms with van der Waals surface area (Å²) in [6, 6.07) is 2.68. The lowest BCUT2D eigenvalue weighted by atomic mass is 10.1.